The summed E-state index contributed by atoms with van der Waals surface area (Å²) in [7, 11) is 0. The van der Waals surface area contributed by atoms with E-state index in [2.05, 4.69) is 10.00 Å². The van der Waals surface area contributed by atoms with Gasteiger partial charge in [0, 0.05) is 44.7 Å². The molecule has 2 saturated heterocycles. The van der Waals surface area contributed by atoms with Crippen molar-refractivity contribution in [1.82, 2.24) is 24.5 Å². The molecule has 0 bridgehead atoms. The van der Waals surface area contributed by atoms with Crippen molar-refractivity contribution in [1.29, 1.82) is 0 Å². The summed E-state index contributed by atoms with van der Waals surface area (Å²) < 4.78 is 1.24. The standard InChI is InChI=1S/C22H29N5O3/c1-17(21(29)26-9-5-2-6-10-26)24-11-13-25(14-12-24)20(28)16-27-22(30)19-8-4-3-7-18(19)15-23-27/h3-4,7-8,15,17H,2,5-6,9-14,16H2,1H3. The molecule has 2 aliphatic heterocycles. The van der Waals surface area contributed by atoms with Crippen LogP contribution in [0.5, 0.6) is 0 Å². The van der Waals surface area contributed by atoms with E-state index in [-0.39, 0.29) is 30.0 Å². The van der Waals surface area contributed by atoms with E-state index >= 15 is 0 Å². The number of carbonyl (C=O) groups is 2. The van der Waals surface area contributed by atoms with Crippen LogP contribution in [0, 0.1) is 0 Å². The average Bonchev–Trinajstić information content (AvgIpc) is 2.80. The molecule has 0 radical (unpaired) electrons. The second-order valence-electron chi connectivity index (χ2n) is 8.17. The van der Waals surface area contributed by atoms with Crippen LogP contribution in [0.3, 0.4) is 0 Å². The number of aromatic nitrogens is 2. The van der Waals surface area contributed by atoms with Crippen LogP contribution in [0.25, 0.3) is 10.8 Å². The van der Waals surface area contributed by atoms with Gasteiger partial charge in [-0.3, -0.25) is 19.3 Å². The molecular formula is C22H29N5O3. The molecule has 1 atom stereocenters. The molecule has 8 nitrogen and oxygen atoms in total. The number of fused-ring (bicyclic) bond motifs is 1. The topological polar surface area (TPSA) is 78.8 Å². The molecule has 2 aromatic rings. The predicted molar refractivity (Wildman–Crippen MR) is 114 cm³/mol. The summed E-state index contributed by atoms with van der Waals surface area (Å²) in [6.45, 7) is 6.04. The zero-order valence-corrected chi connectivity index (χ0v) is 17.5. The Bertz CT molecular complexity index is 974. The fourth-order valence-electron chi connectivity index (χ4n) is 4.36. The van der Waals surface area contributed by atoms with Crippen LogP contribution in [-0.2, 0) is 16.1 Å². The molecule has 1 aromatic carbocycles. The van der Waals surface area contributed by atoms with Gasteiger partial charge in [-0.1, -0.05) is 18.2 Å². The SMILES string of the molecule is CC(C(=O)N1CCCCC1)N1CCN(C(=O)Cn2ncc3ccccc3c2=O)CC1. The molecule has 2 fully saturated rings. The molecule has 160 valence electrons. The van der Waals surface area contributed by atoms with E-state index in [9.17, 15) is 14.4 Å². The molecule has 4 rings (SSSR count). The van der Waals surface area contributed by atoms with Crippen molar-refractivity contribution in [2.24, 2.45) is 0 Å². The van der Waals surface area contributed by atoms with Gasteiger partial charge in [-0.2, -0.15) is 5.10 Å². The van der Waals surface area contributed by atoms with E-state index in [1.807, 2.05) is 30.0 Å². The minimum absolute atomic E-state index is 0.0636. The third-order valence-corrected chi connectivity index (χ3v) is 6.29. The van der Waals surface area contributed by atoms with Gasteiger partial charge < -0.3 is 9.80 Å². The highest BCUT2D eigenvalue weighted by atomic mass is 16.2. The van der Waals surface area contributed by atoms with E-state index in [4.69, 9.17) is 0 Å². The van der Waals surface area contributed by atoms with Gasteiger partial charge in [0.1, 0.15) is 6.54 Å². The fraction of sp³-hybridized carbons (Fsp3) is 0.545. The Hall–Kier alpha value is -2.74. The molecule has 0 spiro atoms. The van der Waals surface area contributed by atoms with Crippen LogP contribution in [0.15, 0.2) is 35.3 Å². The summed E-state index contributed by atoms with van der Waals surface area (Å²) in [4.78, 5) is 44.0. The van der Waals surface area contributed by atoms with Crippen molar-refractivity contribution in [3.63, 3.8) is 0 Å². The van der Waals surface area contributed by atoms with Crippen molar-refractivity contribution in [3.8, 4) is 0 Å². The van der Waals surface area contributed by atoms with Crippen molar-refractivity contribution < 1.29 is 9.59 Å². The maximum absolute atomic E-state index is 12.8. The summed E-state index contributed by atoms with van der Waals surface area (Å²) in [6, 6.07) is 7.09. The number of amides is 2. The van der Waals surface area contributed by atoms with Gasteiger partial charge in [0.25, 0.3) is 5.56 Å². The van der Waals surface area contributed by atoms with E-state index in [1.165, 1.54) is 11.1 Å². The number of rotatable bonds is 4. The molecule has 2 aliphatic rings. The van der Waals surface area contributed by atoms with Gasteiger partial charge in [-0.05, 0) is 32.3 Å². The van der Waals surface area contributed by atoms with Gasteiger partial charge in [0.2, 0.25) is 11.8 Å². The molecule has 0 aliphatic carbocycles. The van der Waals surface area contributed by atoms with E-state index in [1.54, 1.807) is 17.2 Å². The van der Waals surface area contributed by atoms with Gasteiger partial charge in [0.15, 0.2) is 0 Å². The monoisotopic (exact) mass is 411 g/mol. The summed E-state index contributed by atoms with van der Waals surface area (Å²) in [5.74, 6) is 0.0796. The normalized spacial score (nSPS) is 19.1. The van der Waals surface area contributed by atoms with E-state index in [0.29, 0.717) is 31.6 Å². The van der Waals surface area contributed by atoms with Gasteiger partial charge in [-0.15, -0.1) is 0 Å². The highest BCUT2D eigenvalue weighted by molar-refractivity contribution is 5.82. The Balaban J connectivity index is 1.34. The first-order valence-corrected chi connectivity index (χ1v) is 10.8. The van der Waals surface area contributed by atoms with E-state index in [0.717, 1.165) is 31.3 Å². The minimum atomic E-state index is -0.249. The third-order valence-electron chi connectivity index (χ3n) is 6.29. The summed E-state index contributed by atoms with van der Waals surface area (Å²) in [6.07, 6.45) is 5.00. The molecule has 3 heterocycles. The maximum Gasteiger partial charge on any atom is 0.275 e. The van der Waals surface area contributed by atoms with Crippen LogP contribution in [0.2, 0.25) is 0 Å². The number of carbonyl (C=O) groups excluding carboxylic acids is 2. The van der Waals surface area contributed by atoms with Crippen LogP contribution in [0.1, 0.15) is 26.2 Å². The second-order valence-corrected chi connectivity index (χ2v) is 8.17. The number of nitrogens with zero attached hydrogens (tertiary/aromatic N) is 5. The molecule has 2 amide bonds. The number of benzene rings is 1. The Kier molecular flexibility index (Phi) is 6.13. The Morgan fingerprint density at radius 3 is 2.40 bits per heavy atom. The number of likely N-dealkylation sites (tertiary alicyclic amines) is 1. The number of piperazine rings is 1. The first kappa shape index (κ1) is 20.5. The van der Waals surface area contributed by atoms with Crippen LogP contribution < -0.4 is 5.56 Å². The molecule has 8 heteroatoms. The smallest absolute Gasteiger partial charge is 0.275 e. The van der Waals surface area contributed by atoms with Crippen molar-refractivity contribution in [3.05, 3.63) is 40.8 Å². The molecule has 0 N–H and O–H groups in total. The van der Waals surface area contributed by atoms with Crippen LogP contribution in [0.4, 0.5) is 0 Å². The molecule has 1 unspecified atom stereocenters. The first-order chi connectivity index (χ1) is 14.5. The largest absolute Gasteiger partial charge is 0.341 e. The van der Waals surface area contributed by atoms with Gasteiger partial charge in [-0.25, -0.2) is 4.68 Å². The van der Waals surface area contributed by atoms with Crippen LogP contribution in [-0.4, -0.2) is 81.6 Å². The van der Waals surface area contributed by atoms with Crippen molar-refractivity contribution >= 4 is 22.6 Å². The fourth-order valence-corrected chi connectivity index (χ4v) is 4.36. The Morgan fingerprint density at radius 1 is 0.967 bits per heavy atom. The summed E-state index contributed by atoms with van der Waals surface area (Å²) in [5.41, 5.74) is -0.249. The zero-order valence-electron chi connectivity index (χ0n) is 17.5. The lowest BCUT2D eigenvalue weighted by atomic mass is 10.1. The number of piperidine rings is 1. The lowest BCUT2D eigenvalue weighted by molar-refractivity contribution is -0.139. The summed E-state index contributed by atoms with van der Waals surface area (Å²) >= 11 is 0. The predicted octanol–water partition coefficient (Wildman–Crippen LogP) is 0.942. The Morgan fingerprint density at radius 2 is 1.67 bits per heavy atom. The maximum atomic E-state index is 12.8. The second kappa shape index (κ2) is 8.95. The number of hydrogen-bond donors (Lipinski definition) is 0. The lowest BCUT2D eigenvalue weighted by Crippen LogP contribution is -2.56. The third kappa shape index (κ3) is 4.23. The first-order valence-electron chi connectivity index (χ1n) is 10.8. The molecular weight excluding hydrogens is 382 g/mol. The van der Waals surface area contributed by atoms with E-state index < -0.39 is 0 Å². The van der Waals surface area contributed by atoms with Crippen molar-refractivity contribution in [2.45, 2.75) is 38.8 Å². The highest BCUT2D eigenvalue weighted by Crippen LogP contribution is 2.14. The minimum Gasteiger partial charge on any atom is -0.341 e. The molecule has 0 saturated carbocycles. The van der Waals surface area contributed by atoms with Gasteiger partial charge >= 0.3 is 0 Å². The zero-order chi connectivity index (χ0) is 21.1. The molecule has 30 heavy (non-hydrogen) atoms. The molecule has 1 aromatic heterocycles. The summed E-state index contributed by atoms with van der Waals surface area (Å²) in [5, 5.41) is 5.49. The highest BCUT2D eigenvalue weighted by Gasteiger charge is 2.30. The lowest BCUT2D eigenvalue weighted by Gasteiger charge is -2.39. The van der Waals surface area contributed by atoms with Crippen LogP contribution >= 0.6 is 0 Å². The Labute approximate surface area is 176 Å². The average molecular weight is 412 g/mol. The number of hydrogen-bond acceptors (Lipinski definition) is 5. The quantitative estimate of drug-likeness (QED) is 0.748. The van der Waals surface area contributed by atoms with Gasteiger partial charge in [0.05, 0.1) is 17.6 Å². The van der Waals surface area contributed by atoms with Crippen molar-refractivity contribution in [2.75, 3.05) is 39.3 Å².